The molecule has 0 atom stereocenters. The molecule has 3 aromatic carbocycles. The van der Waals surface area contributed by atoms with Gasteiger partial charge in [0.1, 0.15) is 11.4 Å². The second-order valence-electron chi connectivity index (χ2n) is 7.48. The average molecular weight is 412 g/mol. The molecule has 0 fully saturated rings. The monoisotopic (exact) mass is 412 g/mol. The van der Waals surface area contributed by atoms with Crippen molar-refractivity contribution in [2.75, 3.05) is 16.8 Å². The maximum absolute atomic E-state index is 13.4. The van der Waals surface area contributed by atoms with Crippen molar-refractivity contribution >= 4 is 28.8 Å². The number of anilines is 2. The van der Waals surface area contributed by atoms with Crippen LogP contribution in [0.25, 0.3) is 5.57 Å². The fourth-order valence-electron chi connectivity index (χ4n) is 3.51. The van der Waals surface area contributed by atoms with Crippen molar-refractivity contribution < 1.29 is 14.3 Å². The maximum atomic E-state index is 13.4. The molecule has 0 saturated heterocycles. The van der Waals surface area contributed by atoms with Crippen molar-refractivity contribution in [1.82, 2.24) is 0 Å². The van der Waals surface area contributed by atoms with Gasteiger partial charge in [-0.2, -0.15) is 0 Å². The Morgan fingerprint density at radius 3 is 1.94 bits per heavy atom. The van der Waals surface area contributed by atoms with Crippen LogP contribution in [0.15, 0.2) is 78.5 Å². The Balaban J connectivity index is 1.75. The highest BCUT2D eigenvalue weighted by atomic mass is 16.5. The first-order chi connectivity index (χ1) is 15.0. The molecule has 2 amide bonds. The first kappa shape index (κ1) is 20.4. The van der Waals surface area contributed by atoms with Gasteiger partial charge in [-0.3, -0.25) is 9.59 Å². The number of hydrogen-bond acceptors (Lipinski definition) is 4. The minimum atomic E-state index is -0.377. The van der Waals surface area contributed by atoms with Crippen LogP contribution < -0.4 is 15.0 Å². The summed E-state index contributed by atoms with van der Waals surface area (Å²) in [6.45, 7) is 6.45. The SMILES string of the molecule is CCOc1ccc(NC2=C(c3ccc(C)cc3)C(=O)N(c3ccc(C)cc3)C2=O)cc1. The summed E-state index contributed by atoms with van der Waals surface area (Å²) < 4.78 is 5.49. The number of nitrogens with one attached hydrogen (secondary N) is 1. The zero-order valence-electron chi connectivity index (χ0n) is 17.8. The molecule has 1 heterocycles. The van der Waals surface area contributed by atoms with Gasteiger partial charge in [0.2, 0.25) is 0 Å². The van der Waals surface area contributed by atoms with Crippen molar-refractivity contribution in [3.05, 3.63) is 95.2 Å². The van der Waals surface area contributed by atoms with E-state index in [4.69, 9.17) is 4.74 Å². The Morgan fingerprint density at radius 1 is 0.774 bits per heavy atom. The van der Waals surface area contributed by atoms with Crippen LogP contribution in [-0.4, -0.2) is 18.4 Å². The third-order valence-electron chi connectivity index (χ3n) is 5.15. The van der Waals surface area contributed by atoms with E-state index in [1.54, 1.807) is 12.1 Å². The van der Waals surface area contributed by atoms with E-state index in [1.807, 2.05) is 81.4 Å². The second kappa shape index (κ2) is 8.48. The molecule has 0 aliphatic carbocycles. The first-order valence-corrected chi connectivity index (χ1v) is 10.2. The van der Waals surface area contributed by atoms with Crippen molar-refractivity contribution in [2.45, 2.75) is 20.8 Å². The molecule has 5 heteroatoms. The number of ether oxygens (including phenoxy) is 1. The van der Waals surface area contributed by atoms with E-state index in [1.165, 1.54) is 4.90 Å². The number of carbonyl (C=O) groups excluding carboxylic acids is 2. The molecule has 1 N–H and O–H groups in total. The number of aryl methyl sites for hydroxylation is 2. The molecule has 0 spiro atoms. The Kier molecular flexibility index (Phi) is 5.58. The molecule has 0 aromatic heterocycles. The van der Waals surface area contributed by atoms with Crippen LogP contribution >= 0.6 is 0 Å². The minimum absolute atomic E-state index is 0.263. The number of imide groups is 1. The van der Waals surface area contributed by atoms with Gasteiger partial charge in [-0.05, 0) is 62.7 Å². The predicted octanol–water partition coefficient (Wildman–Crippen LogP) is 5.10. The van der Waals surface area contributed by atoms with Gasteiger partial charge in [0, 0.05) is 5.69 Å². The maximum Gasteiger partial charge on any atom is 0.282 e. The Labute approximate surface area is 182 Å². The molecule has 156 valence electrons. The molecular weight excluding hydrogens is 388 g/mol. The summed E-state index contributed by atoms with van der Waals surface area (Å²) in [4.78, 5) is 28.0. The molecule has 4 rings (SSSR count). The lowest BCUT2D eigenvalue weighted by atomic mass is 10.0. The molecule has 0 radical (unpaired) electrons. The number of benzene rings is 3. The van der Waals surface area contributed by atoms with Crippen LogP contribution in [0, 0.1) is 13.8 Å². The summed E-state index contributed by atoms with van der Waals surface area (Å²) in [5.41, 5.74) is 4.72. The quantitative estimate of drug-likeness (QED) is 0.573. The molecule has 1 aliphatic heterocycles. The molecule has 3 aromatic rings. The third kappa shape index (κ3) is 4.08. The van der Waals surface area contributed by atoms with Gasteiger partial charge in [0.05, 0.1) is 17.9 Å². The number of nitrogens with zero attached hydrogens (tertiary/aromatic N) is 1. The van der Waals surface area contributed by atoms with E-state index in [2.05, 4.69) is 5.32 Å². The molecular formula is C26H24N2O3. The highest BCUT2D eigenvalue weighted by Gasteiger charge is 2.40. The topological polar surface area (TPSA) is 58.6 Å². The highest BCUT2D eigenvalue weighted by Crippen LogP contribution is 2.34. The predicted molar refractivity (Wildman–Crippen MR) is 123 cm³/mol. The molecule has 0 saturated carbocycles. The lowest BCUT2D eigenvalue weighted by Gasteiger charge is -2.15. The van der Waals surface area contributed by atoms with Crippen molar-refractivity contribution in [3.8, 4) is 5.75 Å². The lowest BCUT2D eigenvalue weighted by molar-refractivity contribution is -0.120. The molecule has 31 heavy (non-hydrogen) atoms. The lowest BCUT2D eigenvalue weighted by Crippen LogP contribution is -2.32. The van der Waals surface area contributed by atoms with E-state index in [9.17, 15) is 9.59 Å². The fourth-order valence-corrected chi connectivity index (χ4v) is 3.51. The van der Waals surface area contributed by atoms with Gasteiger partial charge >= 0.3 is 0 Å². The van der Waals surface area contributed by atoms with Gasteiger partial charge < -0.3 is 10.1 Å². The first-order valence-electron chi connectivity index (χ1n) is 10.2. The summed E-state index contributed by atoms with van der Waals surface area (Å²) in [5.74, 6) is 0.0281. The van der Waals surface area contributed by atoms with E-state index in [0.717, 1.165) is 16.9 Å². The van der Waals surface area contributed by atoms with Crippen LogP contribution in [-0.2, 0) is 9.59 Å². The van der Waals surface area contributed by atoms with Crippen molar-refractivity contribution in [1.29, 1.82) is 0 Å². The summed E-state index contributed by atoms with van der Waals surface area (Å²) >= 11 is 0. The summed E-state index contributed by atoms with van der Waals surface area (Å²) in [6, 6.07) is 22.3. The van der Waals surface area contributed by atoms with Crippen molar-refractivity contribution in [3.63, 3.8) is 0 Å². The zero-order valence-corrected chi connectivity index (χ0v) is 17.8. The average Bonchev–Trinajstić information content (AvgIpc) is 3.01. The highest BCUT2D eigenvalue weighted by molar-refractivity contribution is 6.46. The van der Waals surface area contributed by atoms with E-state index >= 15 is 0 Å². The number of rotatable bonds is 6. The fraction of sp³-hybridized carbons (Fsp3) is 0.154. The Morgan fingerprint density at radius 2 is 1.35 bits per heavy atom. The van der Waals surface area contributed by atoms with Crippen LogP contribution in [0.2, 0.25) is 0 Å². The largest absolute Gasteiger partial charge is 0.494 e. The van der Waals surface area contributed by atoms with E-state index in [-0.39, 0.29) is 17.5 Å². The number of hydrogen-bond donors (Lipinski definition) is 1. The molecule has 0 bridgehead atoms. The Bertz CT molecular complexity index is 1140. The molecule has 1 aliphatic rings. The smallest absolute Gasteiger partial charge is 0.282 e. The van der Waals surface area contributed by atoms with Gasteiger partial charge in [-0.25, -0.2) is 4.90 Å². The second-order valence-corrected chi connectivity index (χ2v) is 7.48. The zero-order chi connectivity index (χ0) is 22.0. The number of amides is 2. The minimum Gasteiger partial charge on any atom is -0.494 e. The van der Waals surface area contributed by atoms with E-state index in [0.29, 0.717) is 29.1 Å². The molecule has 0 unspecified atom stereocenters. The van der Waals surface area contributed by atoms with Gasteiger partial charge in [-0.15, -0.1) is 0 Å². The van der Waals surface area contributed by atoms with Crippen LogP contribution in [0.3, 0.4) is 0 Å². The van der Waals surface area contributed by atoms with Gasteiger partial charge in [0.25, 0.3) is 11.8 Å². The number of carbonyl (C=O) groups is 2. The Hall–Kier alpha value is -3.86. The summed E-state index contributed by atoms with van der Waals surface area (Å²) in [6.07, 6.45) is 0. The third-order valence-corrected chi connectivity index (χ3v) is 5.15. The van der Waals surface area contributed by atoms with Gasteiger partial charge in [-0.1, -0.05) is 47.5 Å². The van der Waals surface area contributed by atoms with Crippen LogP contribution in [0.1, 0.15) is 23.6 Å². The summed E-state index contributed by atoms with van der Waals surface area (Å²) in [5, 5.41) is 3.18. The van der Waals surface area contributed by atoms with Crippen LogP contribution in [0.4, 0.5) is 11.4 Å². The van der Waals surface area contributed by atoms with Crippen molar-refractivity contribution in [2.24, 2.45) is 0 Å². The molecule has 5 nitrogen and oxygen atoms in total. The van der Waals surface area contributed by atoms with Crippen LogP contribution in [0.5, 0.6) is 5.75 Å². The normalized spacial score (nSPS) is 13.7. The van der Waals surface area contributed by atoms with Gasteiger partial charge in [0.15, 0.2) is 0 Å². The van der Waals surface area contributed by atoms with E-state index < -0.39 is 0 Å². The standard InChI is InChI=1S/C26H24N2O3/c1-4-31-22-15-11-20(12-16-22)27-24-23(19-9-5-17(2)6-10-19)25(29)28(26(24)30)21-13-7-18(3)8-14-21/h5-16,27H,4H2,1-3H3. The summed E-state index contributed by atoms with van der Waals surface area (Å²) in [7, 11) is 0.